The summed E-state index contributed by atoms with van der Waals surface area (Å²) in [7, 11) is 0. The fourth-order valence-electron chi connectivity index (χ4n) is 2.34. The maximum Gasteiger partial charge on any atom is 0.138 e. The predicted molar refractivity (Wildman–Crippen MR) is 86.7 cm³/mol. The minimum absolute atomic E-state index is 0.344. The van der Waals surface area contributed by atoms with Crippen LogP contribution in [-0.2, 0) is 12.8 Å². The number of hydrogen-bond donors (Lipinski definition) is 1. The van der Waals surface area contributed by atoms with Crippen LogP contribution < -0.4 is 5.32 Å². The van der Waals surface area contributed by atoms with Crippen LogP contribution in [0.1, 0.15) is 49.8 Å². The Morgan fingerprint density at radius 1 is 1.33 bits per heavy atom. The van der Waals surface area contributed by atoms with E-state index in [2.05, 4.69) is 46.5 Å². The molecule has 0 aliphatic rings. The van der Waals surface area contributed by atoms with Gasteiger partial charge in [-0.3, -0.25) is 0 Å². The van der Waals surface area contributed by atoms with Crippen LogP contribution in [0.5, 0.6) is 0 Å². The van der Waals surface area contributed by atoms with Crippen LogP contribution in [0.4, 0.5) is 0 Å². The first-order chi connectivity index (χ1) is 10.1. The highest BCUT2D eigenvalue weighted by atomic mass is 32.1. The van der Waals surface area contributed by atoms with Gasteiger partial charge >= 0.3 is 0 Å². The SMILES string of the molecule is CCCNC(Cc1nc(C)cs1)Cc1ncnn1C(C)C. The Morgan fingerprint density at radius 2 is 2.14 bits per heavy atom. The lowest BCUT2D eigenvalue weighted by molar-refractivity contribution is 0.452. The first-order valence-corrected chi connectivity index (χ1v) is 8.50. The first-order valence-electron chi connectivity index (χ1n) is 7.63. The summed E-state index contributed by atoms with van der Waals surface area (Å²) in [5.41, 5.74) is 1.11. The molecule has 0 aromatic carbocycles. The maximum absolute atomic E-state index is 4.58. The Morgan fingerprint density at radius 3 is 2.76 bits per heavy atom. The van der Waals surface area contributed by atoms with Crippen LogP contribution in [0, 0.1) is 6.92 Å². The van der Waals surface area contributed by atoms with E-state index in [1.807, 2.05) is 11.6 Å². The molecule has 2 rings (SSSR count). The van der Waals surface area contributed by atoms with Crippen molar-refractivity contribution in [1.29, 1.82) is 0 Å². The second-order valence-corrected chi connectivity index (χ2v) is 6.60. The number of nitrogens with one attached hydrogen (secondary N) is 1. The van der Waals surface area contributed by atoms with Gasteiger partial charge in [-0.2, -0.15) is 5.10 Å². The van der Waals surface area contributed by atoms with Gasteiger partial charge in [-0.05, 0) is 33.7 Å². The van der Waals surface area contributed by atoms with Crippen molar-refractivity contribution in [1.82, 2.24) is 25.1 Å². The highest BCUT2D eigenvalue weighted by molar-refractivity contribution is 7.09. The van der Waals surface area contributed by atoms with Crippen LogP contribution in [0.2, 0.25) is 0 Å². The van der Waals surface area contributed by atoms with Gasteiger partial charge < -0.3 is 5.32 Å². The smallest absolute Gasteiger partial charge is 0.138 e. The third-order valence-corrected chi connectivity index (χ3v) is 4.32. The lowest BCUT2D eigenvalue weighted by atomic mass is 10.1. The summed E-state index contributed by atoms with van der Waals surface area (Å²) in [6, 6.07) is 0.702. The maximum atomic E-state index is 4.58. The van der Waals surface area contributed by atoms with Gasteiger partial charge in [0.05, 0.1) is 5.01 Å². The van der Waals surface area contributed by atoms with Crippen molar-refractivity contribution in [2.24, 2.45) is 0 Å². The molecule has 2 aromatic heterocycles. The van der Waals surface area contributed by atoms with Gasteiger partial charge in [-0.25, -0.2) is 14.6 Å². The van der Waals surface area contributed by atoms with Gasteiger partial charge in [-0.15, -0.1) is 11.3 Å². The average molecular weight is 307 g/mol. The third kappa shape index (κ3) is 4.61. The lowest BCUT2D eigenvalue weighted by Crippen LogP contribution is -2.35. The normalized spacial score (nSPS) is 13.0. The molecule has 0 amide bonds. The average Bonchev–Trinajstić information content (AvgIpc) is 3.05. The number of aryl methyl sites for hydroxylation is 1. The summed E-state index contributed by atoms with van der Waals surface area (Å²) in [6.07, 6.45) is 4.62. The van der Waals surface area contributed by atoms with Crippen molar-refractivity contribution in [2.75, 3.05) is 6.54 Å². The number of rotatable bonds is 8. The molecule has 1 N–H and O–H groups in total. The molecule has 1 atom stereocenters. The van der Waals surface area contributed by atoms with Crippen molar-refractivity contribution in [3.63, 3.8) is 0 Å². The molecule has 2 aromatic rings. The quantitative estimate of drug-likeness (QED) is 0.815. The van der Waals surface area contributed by atoms with Crippen LogP contribution in [0.25, 0.3) is 0 Å². The predicted octanol–water partition coefficient (Wildman–Crippen LogP) is 2.78. The molecule has 0 spiro atoms. The van der Waals surface area contributed by atoms with Gasteiger partial charge in [0.15, 0.2) is 0 Å². The second kappa shape index (κ2) is 7.66. The summed E-state index contributed by atoms with van der Waals surface area (Å²) >= 11 is 1.74. The Labute approximate surface area is 130 Å². The monoisotopic (exact) mass is 307 g/mol. The largest absolute Gasteiger partial charge is 0.313 e. The third-order valence-electron chi connectivity index (χ3n) is 3.34. The molecule has 0 bridgehead atoms. The standard InChI is InChI=1S/C15H25N5S/c1-5-6-16-13(8-15-19-12(4)9-21-15)7-14-17-10-18-20(14)11(2)3/h9-11,13,16H,5-8H2,1-4H3. The molecule has 21 heavy (non-hydrogen) atoms. The molecule has 0 fully saturated rings. The fraction of sp³-hybridized carbons (Fsp3) is 0.667. The summed E-state index contributed by atoms with van der Waals surface area (Å²) in [4.78, 5) is 9.01. The topological polar surface area (TPSA) is 55.6 Å². The zero-order valence-electron chi connectivity index (χ0n) is 13.3. The van der Waals surface area contributed by atoms with E-state index in [0.717, 1.165) is 37.3 Å². The van der Waals surface area contributed by atoms with Crippen molar-refractivity contribution in [2.45, 2.75) is 59.0 Å². The van der Waals surface area contributed by atoms with Gasteiger partial charge in [0, 0.05) is 36.0 Å². The van der Waals surface area contributed by atoms with Crippen LogP contribution in [0.15, 0.2) is 11.7 Å². The minimum atomic E-state index is 0.344. The van der Waals surface area contributed by atoms with Crippen LogP contribution in [-0.4, -0.2) is 32.3 Å². The van der Waals surface area contributed by atoms with Gasteiger partial charge in [0.2, 0.25) is 0 Å². The number of nitrogens with zero attached hydrogens (tertiary/aromatic N) is 4. The summed E-state index contributed by atoms with van der Waals surface area (Å²) in [5.74, 6) is 1.05. The molecule has 0 aliphatic carbocycles. The number of hydrogen-bond acceptors (Lipinski definition) is 5. The molecule has 2 heterocycles. The molecular weight excluding hydrogens is 282 g/mol. The van der Waals surface area contributed by atoms with Crippen molar-refractivity contribution < 1.29 is 0 Å². The van der Waals surface area contributed by atoms with Crippen LogP contribution in [0.3, 0.4) is 0 Å². The fourth-order valence-corrected chi connectivity index (χ4v) is 3.20. The Bertz CT molecular complexity index is 546. The first kappa shape index (κ1) is 16.1. The lowest BCUT2D eigenvalue weighted by Gasteiger charge is -2.18. The summed E-state index contributed by atoms with van der Waals surface area (Å²) < 4.78 is 2.01. The van der Waals surface area contributed by atoms with E-state index in [-0.39, 0.29) is 0 Å². The summed E-state index contributed by atoms with van der Waals surface area (Å²) in [6.45, 7) is 9.52. The molecular formula is C15H25N5S. The van der Waals surface area contributed by atoms with E-state index < -0.39 is 0 Å². The Kier molecular flexibility index (Phi) is 5.87. The van der Waals surface area contributed by atoms with E-state index in [0.29, 0.717) is 12.1 Å². The second-order valence-electron chi connectivity index (χ2n) is 5.66. The number of aromatic nitrogens is 4. The molecule has 6 heteroatoms. The Balaban J connectivity index is 2.06. The van der Waals surface area contributed by atoms with Gasteiger partial charge in [-0.1, -0.05) is 6.92 Å². The van der Waals surface area contributed by atoms with Crippen molar-refractivity contribution in [3.05, 3.63) is 28.2 Å². The van der Waals surface area contributed by atoms with E-state index >= 15 is 0 Å². The molecule has 1 unspecified atom stereocenters. The highest BCUT2D eigenvalue weighted by Gasteiger charge is 2.16. The van der Waals surface area contributed by atoms with Crippen molar-refractivity contribution in [3.8, 4) is 0 Å². The molecule has 5 nitrogen and oxygen atoms in total. The van der Waals surface area contributed by atoms with E-state index in [9.17, 15) is 0 Å². The molecule has 0 saturated carbocycles. The minimum Gasteiger partial charge on any atom is -0.313 e. The number of thiazole rings is 1. The van der Waals surface area contributed by atoms with E-state index in [4.69, 9.17) is 0 Å². The molecule has 0 saturated heterocycles. The van der Waals surface area contributed by atoms with E-state index in [1.165, 1.54) is 5.01 Å². The van der Waals surface area contributed by atoms with Crippen LogP contribution >= 0.6 is 11.3 Å². The molecule has 0 aliphatic heterocycles. The van der Waals surface area contributed by atoms with Crippen molar-refractivity contribution >= 4 is 11.3 Å². The van der Waals surface area contributed by atoms with Gasteiger partial charge in [0.1, 0.15) is 12.2 Å². The zero-order chi connectivity index (χ0) is 15.2. The highest BCUT2D eigenvalue weighted by Crippen LogP contribution is 2.14. The van der Waals surface area contributed by atoms with E-state index in [1.54, 1.807) is 17.7 Å². The van der Waals surface area contributed by atoms with Gasteiger partial charge in [0.25, 0.3) is 0 Å². The Hall–Kier alpha value is -1.27. The molecule has 116 valence electrons. The molecule has 0 radical (unpaired) electrons. The summed E-state index contributed by atoms with van der Waals surface area (Å²) in [5, 5.41) is 11.2. The zero-order valence-corrected chi connectivity index (χ0v) is 14.2.